The molecule has 0 saturated carbocycles. The van der Waals surface area contributed by atoms with Gasteiger partial charge in [0.1, 0.15) is 11.3 Å². The van der Waals surface area contributed by atoms with Gasteiger partial charge in [-0.15, -0.1) is 0 Å². The number of rotatable bonds is 4. The first-order chi connectivity index (χ1) is 9.65. The number of aromatic nitrogens is 1. The number of esters is 1. The van der Waals surface area contributed by atoms with Crippen LogP contribution in [-0.4, -0.2) is 24.7 Å². The van der Waals surface area contributed by atoms with Crippen LogP contribution in [0.5, 0.6) is 5.75 Å². The van der Waals surface area contributed by atoms with E-state index >= 15 is 0 Å². The second-order valence-electron chi connectivity index (χ2n) is 4.29. The zero-order valence-corrected chi connectivity index (χ0v) is 11.8. The van der Waals surface area contributed by atoms with Crippen LogP contribution in [0.4, 0.5) is 0 Å². The Morgan fingerprint density at radius 1 is 1.40 bits per heavy atom. The van der Waals surface area contributed by atoms with Crippen LogP contribution in [0.3, 0.4) is 0 Å². The molecule has 1 aromatic heterocycles. The normalized spacial score (nSPS) is 10.9. The van der Waals surface area contributed by atoms with Crippen LogP contribution in [0.25, 0.3) is 17.0 Å². The Labute approximate surface area is 118 Å². The molecule has 0 N–H and O–H groups in total. The number of benzene rings is 1. The summed E-state index contributed by atoms with van der Waals surface area (Å²) in [5.74, 6) is 0.370. The van der Waals surface area contributed by atoms with Gasteiger partial charge in [-0.1, -0.05) is 12.1 Å². The van der Waals surface area contributed by atoms with Gasteiger partial charge in [0, 0.05) is 17.2 Å². The third kappa shape index (κ3) is 2.96. The maximum absolute atomic E-state index is 11.4. The Kier molecular flexibility index (Phi) is 4.35. The molecule has 20 heavy (non-hydrogen) atoms. The second kappa shape index (κ2) is 6.19. The summed E-state index contributed by atoms with van der Waals surface area (Å²) < 4.78 is 10.2. The molecule has 0 saturated heterocycles. The molecule has 4 heteroatoms. The fourth-order valence-corrected chi connectivity index (χ4v) is 2.03. The maximum atomic E-state index is 11.4. The lowest BCUT2D eigenvalue weighted by Crippen LogP contribution is -1.99. The fraction of sp³-hybridized carbons (Fsp3) is 0.250. The Morgan fingerprint density at radius 3 is 2.90 bits per heavy atom. The molecule has 0 spiro atoms. The zero-order valence-electron chi connectivity index (χ0n) is 11.8. The van der Waals surface area contributed by atoms with Crippen molar-refractivity contribution in [3.8, 4) is 5.75 Å². The molecule has 2 rings (SSSR count). The number of fused-ring (bicyclic) bond motifs is 1. The van der Waals surface area contributed by atoms with Crippen molar-refractivity contribution in [1.29, 1.82) is 0 Å². The Morgan fingerprint density at radius 2 is 2.20 bits per heavy atom. The lowest BCUT2D eigenvalue weighted by atomic mass is 10.1. The molecule has 0 radical (unpaired) electrons. The minimum Gasteiger partial charge on any atom is -0.494 e. The molecule has 2 aromatic rings. The van der Waals surface area contributed by atoms with E-state index in [1.165, 1.54) is 6.08 Å². The summed E-state index contributed by atoms with van der Waals surface area (Å²) in [7, 11) is 1.62. The molecule has 1 aromatic carbocycles. The third-order valence-corrected chi connectivity index (χ3v) is 2.87. The molecule has 0 amide bonds. The number of nitrogens with zero attached hydrogens (tertiary/aromatic N) is 1. The smallest absolute Gasteiger partial charge is 0.330 e. The summed E-state index contributed by atoms with van der Waals surface area (Å²) in [5.41, 5.74) is 2.57. The van der Waals surface area contributed by atoms with E-state index in [4.69, 9.17) is 9.47 Å². The standard InChI is InChI=1S/C16H17NO3/c1-4-20-15(18)9-8-12-10-11(2)17-16-13(12)6-5-7-14(16)19-3/h5-10H,4H2,1-3H3/b9-8+. The molecule has 104 valence electrons. The molecule has 0 aliphatic carbocycles. The van der Waals surface area contributed by atoms with Crippen LogP contribution < -0.4 is 4.74 Å². The Hall–Kier alpha value is -2.36. The van der Waals surface area contributed by atoms with Crippen molar-refractivity contribution in [2.24, 2.45) is 0 Å². The summed E-state index contributed by atoms with van der Waals surface area (Å²) in [5, 5.41) is 0.940. The van der Waals surface area contributed by atoms with Crippen LogP contribution in [0.15, 0.2) is 30.3 Å². The van der Waals surface area contributed by atoms with E-state index < -0.39 is 0 Å². The third-order valence-electron chi connectivity index (χ3n) is 2.87. The molecule has 0 unspecified atom stereocenters. The van der Waals surface area contributed by atoms with Crippen molar-refractivity contribution in [2.75, 3.05) is 13.7 Å². The molecule has 1 heterocycles. The summed E-state index contributed by atoms with van der Waals surface area (Å²) in [6.07, 6.45) is 3.17. The van der Waals surface area contributed by atoms with Gasteiger partial charge in [0.25, 0.3) is 0 Å². The number of hydrogen-bond acceptors (Lipinski definition) is 4. The number of para-hydroxylation sites is 1. The van der Waals surface area contributed by atoms with Crippen molar-refractivity contribution in [3.05, 3.63) is 41.6 Å². The molecular formula is C16H17NO3. The van der Waals surface area contributed by atoms with Crippen molar-refractivity contribution >= 4 is 22.9 Å². The molecule has 0 aliphatic rings. The van der Waals surface area contributed by atoms with E-state index in [1.807, 2.05) is 31.2 Å². The van der Waals surface area contributed by atoms with Crippen LogP contribution >= 0.6 is 0 Å². The largest absolute Gasteiger partial charge is 0.494 e. The van der Waals surface area contributed by atoms with Crippen molar-refractivity contribution < 1.29 is 14.3 Å². The molecule has 0 bridgehead atoms. The molecule has 0 fully saturated rings. The number of pyridine rings is 1. The van der Waals surface area contributed by atoms with Crippen LogP contribution in [0.1, 0.15) is 18.2 Å². The fourth-order valence-electron chi connectivity index (χ4n) is 2.03. The van der Waals surface area contributed by atoms with E-state index in [0.717, 1.165) is 27.9 Å². The van der Waals surface area contributed by atoms with E-state index in [9.17, 15) is 4.79 Å². The maximum Gasteiger partial charge on any atom is 0.330 e. The molecular weight excluding hydrogens is 254 g/mol. The lowest BCUT2D eigenvalue weighted by Gasteiger charge is -2.08. The highest BCUT2D eigenvalue weighted by atomic mass is 16.5. The van der Waals surface area contributed by atoms with Crippen molar-refractivity contribution in [3.63, 3.8) is 0 Å². The average molecular weight is 271 g/mol. The van der Waals surface area contributed by atoms with Gasteiger partial charge in [-0.3, -0.25) is 0 Å². The number of hydrogen-bond donors (Lipinski definition) is 0. The minimum atomic E-state index is -0.349. The van der Waals surface area contributed by atoms with Gasteiger partial charge < -0.3 is 9.47 Å². The molecule has 4 nitrogen and oxygen atoms in total. The van der Waals surface area contributed by atoms with Crippen molar-refractivity contribution in [1.82, 2.24) is 4.98 Å². The number of carbonyl (C=O) groups excluding carboxylic acids is 1. The predicted octanol–water partition coefficient (Wildman–Crippen LogP) is 3.13. The Balaban J connectivity index is 2.50. The van der Waals surface area contributed by atoms with E-state index in [1.54, 1.807) is 20.1 Å². The summed E-state index contributed by atoms with van der Waals surface area (Å²) in [4.78, 5) is 15.9. The quantitative estimate of drug-likeness (QED) is 0.633. The molecule has 0 aliphatic heterocycles. The van der Waals surface area contributed by atoms with E-state index in [-0.39, 0.29) is 5.97 Å². The average Bonchev–Trinajstić information content (AvgIpc) is 2.44. The highest BCUT2D eigenvalue weighted by molar-refractivity contribution is 5.95. The van der Waals surface area contributed by atoms with E-state index in [2.05, 4.69) is 4.98 Å². The predicted molar refractivity (Wildman–Crippen MR) is 78.7 cm³/mol. The van der Waals surface area contributed by atoms with Crippen LogP contribution in [0, 0.1) is 6.92 Å². The summed E-state index contributed by atoms with van der Waals surface area (Å²) >= 11 is 0. The first-order valence-electron chi connectivity index (χ1n) is 6.45. The SMILES string of the molecule is CCOC(=O)/C=C/c1cc(C)nc2c(OC)cccc12. The monoisotopic (exact) mass is 271 g/mol. The summed E-state index contributed by atoms with van der Waals surface area (Å²) in [6.45, 7) is 4.06. The zero-order chi connectivity index (χ0) is 14.5. The van der Waals surface area contributed by atoms with Gasteiger partial charge in [0.05, 0.1) is 13.7 Å². The topological polar surface area (TPSA) is 48.4 Å². The van der Waals surface area contributed by atoms with Crippen molar-refractivity contribution in [2.45, 2.75) is 13.8 Å². The van der Waals surface area contributed by atoms with Crippen LogP contribution in [-0.2, 0) is 9.53 Å². The van der Waals surface area contributed by atoms with Gasteiger partial charge in [-0.2, -0.15) is 0 Å². The number of ether oxygens (including phenoxy) is 2. The van der Waals surface area contributed by atoms with E-state index in [0.29, 0.717) is 6.61 Å². The first kappa shape index (κ1) is 14.1. The van der Waals surface area contributed by atoms with Gasteiger partial charge >= 0.3 is 5.97 Å². The number of aryl methyl sites for hydroxylation is 1. The number of carbonyl (C=O) groups is 1. The second-order valence-corrected chi connectivity index (χ2v) is 4.29. The number of methoxy groups -OCH3 is 1. The van der Waals surface area contributed by atoms with Gasteiger partial charge in [-0.05, 0) is 37.6 Å². The van der Waals surface area contributed by atoms with Crippen LogP contribution in [0.2, 0.25) is 0 Å². The van der Waals surface area contributed by atoms with Gasteiger partial charge in [0.2, 0.25) is 0 Å². The minimum absolute atomic E-state index is 0.349. The highest BCUT2D eigenvalue weighted by Gasteiger charge is 2.07. The first-order valence-corrected chi connectivity index (χ1v) is 6.45. The molecule has 0 atom stereocenters. The summed E-state index contributed by atoms with van der Waals surface area (Å²) in [6, 6.07) is 7.65. The van der Waals surface area contributed by atoms with Gasteiger partial charge in [0.15, 0.2) is 0 Å². The van der Waals surface area contributed by atoms with Gasteiger partial charge in [-0.25, -0.2) is 9.78 Å². The highest BCUT2D eigenvalue weighted by Crippen LogP contribution is 2.27. The lowest BCUT2D eigenvalue weighted by molar-refractivity contribution is -0.137. The Bertz CT molecular complexity index is 662.